The predicted octanol–water partition coefficient (Wildman–Crippen LogP) is 5.85. The molecule has 0 aliphatic heterocycles. The highest BCUT2D eigenvalue weighted by molar-refractivity contribution is 6.02. The van der Waals surface area contributed by atoms with Gasteiger partial charge in [0, 0.05) is 0 Å². The molecule has 0 aliphatic rings. The van der Waals surface area contributed by atoms with Crippen molar-refractivity contribution in [3.8, 4) is 0 Å². The van der Waals surface area contributed by atoms with E-state index in [2.05, 4.69) is 13.8 Å². The Balaban J connectivity index is 2.49. The van der Waals surface area contributed by atoms with Gasteiger partial charge < -0.3 is 9.84 Å². The number of benzene rings is 1. The number of carboxylic acids is 1. The van der Waals surface area contributed by atoms with Crippen LogP contribution in [0.4, 0.5) is 0 Å². The fraction of sp³-hybridized carbons (Fsp3) is 0.619. The van der Waals surface area contributed by atoms with Crippen molar-refractivity contribution in [2.75, 3.05) is 0 Å². The lowest BCUT2D eigenvalue weighted by Crippen LogP contribution is -2.20. The molecule has 0 aliphatic carbocycles. The van der Waals surface area contributed by atoms with E-state index in [1.165, 1.54) is 44.2 Å². The van der Waals surface area contributed by atoms with Crippen molar-refractivity contribution in [1.29, 1.82) is 0 Å². The lowest BCUT2D eigenvalue weighted by Gasteiger charge is -2.18. The number of aromatic carboxylic acids is 1. The molecule has 1 atom stereocenters. The highest BCUT2D eigenvalue weighted by atomic mass is 16.5. The number of ether oxygens (including phenoxy) is 1. The molecule has 0 radical (unpaired) electrons. The molecule has 0 saturated heterocycles. The Morgan fingerprint density at radius 3 is 2.08 bits per heavy atom. The zero-order valence-electron chi connectivity index (χ0n) is 15.6. The molecule has 1 unspecified atom stereocenters. The van der Waals surface area contributed by atoms with Crippen LogP contribution in [0.25, 0.3) is 0 Å². The van der Waals surface area contributed by atoms with Crippen LogP contribution in [0.15, 0.2) is 24.3 Å². The van der Waals surface area contributed by atoms with Gasteiger partial charge in [0.1, 0.15) is 6.10 Å². The van der Waals surface area contributed by atoms with Gasteiger partial charge in [0.2, 0.25) is 0 Å². The Morgan fingerprint density at radius 2 is 1.48 bits per heavy atom. The first-order chi connectivity index (χ1) is 12.1. The number of carbonyl (C=O) groups excluding carboxylic acids is 1. The van der Waals surface area contributed by atoms with Crippen LogP contribution >= 0.6 is 0 Å². The Bertz CT molecular complexity index is 524. The average molecular weight is 348 g/mol. The van der Waals surface area contributed by atoms with Crippen LogP contribution in [0.1, 0.15) is 98.8 Å². The molecule has 25 heavy (non-hydrogen) atoms. The van der Waals surface area contributed by atoms with Gasteiger partial charge in [-0.2, -0.15) is 0 Å². The van der Waals surface area contributed by atoms with E-state index in [4.69, 9.17) is 4.74 Å². The quantitative estimate of drug-likeness (QED) is 0.359. The maximum Gasteiger partial charge on any atom is 0.339 e. The lowest BCUT2D eigenvalue weighted by molar-refractivity contribution is 0.0249. The van der Waals surface area contributed by atoms with E-state index in [1.807, 2.05) is 0 Å². The number of hydrogen-bond acceptors (Lipinski definition) is 3. The monoisotopic (exact) mass is 348 g/mol. The van der Waals surface area contributed by atoms with Crippen LogP contribution in [-0.2, 0) is 4.74 Å². The van der Waals surface area contributed by atoms with Crippen LogP contribution in [0, 0.1) is 0 Å². The Labute approximate surface area is 151 Å². The highest BCUT2D eigenvalue weighted by Gasteiger charge is 2.20. The number of carboxylic acid groups (broad SMARTS) is 1. The fourth-order valence-electron chi connectivity index (χ4n) is 2.98. The number of carbonyl (C=O) groups is 2. The predicted molar refractivity (Wildman–Crippen MR) is 100 cm³/mol. The van der Waals surface area contributed by atoms with Crippen molar-refractivity contribution < 1.29 is 19.4 Å². The van der Waals surface area contributed by atoms with Gasteiger partial charge in [-0.3, -0.25) is 0 Å². The number of rotatable bonds is 13. The van der Waals surface area contributed by atoms with E-state index in [1.54, 1.807) is 12.1 Å². The molecule has 0 amide bonds. The second-order valence-corrected chi connectivity index (χ2v) is 6.58. The summed E-state index contributed by atoms with van der Waals surface area (Å²) in [4.78, 5) is 23.6. The topological polar surface area (TPSA) is 63.6 Å². The van der Waals surface area contributed by atoms with Crippen LogP contribution in [0.5, 0.6) is 0 Å². The summed E-state index contributed by atoms with van der Waals surface area (Å²) < 4.78 is 5.61. The van der Waals surface area contributed by atoms with Crippen molar-refractivity contribution in [3.63, 3.8) is 0 Å². The van der Waals surface area contributed by atoms with Gasteiger partial charge in [-0.15, -0.1) is 0 Å². The maximum absolute atomic E-state index is 12.4. The third-order valence-corrected chi connectivity index (χ3v) is 4.39. The summed E-state index contributed by atoms with van der Waals surface area (Å²) in [6, 6.07) is 6.23. The number of esters is 1. The van der Waals surface area contributed by atoms with Crippen LogP contribution in [0.2, 0.25) is 0 Å². The van der Waals surface area contributed by atoms with Gasteiger partial charge in [-0.05, 0) is 31.4 Å². The van der Waals surface area contributed by atoms with E-state index >= 15 is 0 Å². The molecule has 140 valence electrons. The number of hydrogen-bond donors (Lipinski definition) is 1. The molecule has 0 spiro atoms. The molecule has 0 fully saturated rings. The molecular formula is C21H32O4. The minimum Gasteiger partial charge on any atom is -0.478 e. The first kappa shape index (κ1) is 21.2. The number of unbranched alkanes of at least 4 members (excludes halogenated alkanes) is 6. The smallest absolute Gasteiger partial charge is 0.339 e. The standard InChI is InChI=1S/C21H32O4/c1-3-5-6-7-8-9-10-14-17(13-4-2)25-21(24)19-16-12-11-15-18(19)20(22)23/h11-12,15-17H,3-10,13-14H2,1-2H3,(H,22,23). The largest absolute Gasteiger partial charge is 0.478 e. The van der Waals surface area contributed by atoms with E-state index in [9.17, 15) is 14.7 Å². The summed E-state index contributed by atoms with van der Waals surface area (Å²) in [6.45, 7) is 4.28. The van der Waals surface area contributed by atoms with Gasteiger partial charge in [0.15, 0.2) is 0 Å². The molecule has 1 aromatic rings. The molecule has 0 saturated carbocycles. The second kappa shape index (κ2) is 12.5. The van der Waals surface area contributed by atoms with Crippen molar-refractivity contribution >= 4 is 11.9 Å². The molecule has 0 aromatic heterocycles. The normalized spacial score (nSPS) is 11.9. The van der Waals surface area contributed by atoms with Crippen LogP contribution in [-0.4, -0.2) is 23.1 Å². The molecule has 4 heteroatoms. The molecule has 1 aromatic carbocycles. The summed E-state index contributed by atoms with van der Waals surface area (Å²) in [6.07, 6.45) is 11.1. The molecular weight excluding hydrogens is 316 g/mol. The van der Waals surface area contributed by atoms with E-state index in [-0.39, 0.29) is 17.2 Å². The van der Waals surface area contributed by atoms with E-state index in [0.717, 1.165) is 32.1 Å². The van der Waals surface area contributed by atoms with Gasteiger partial charge in [-0.25, -0.2) is 9.59 Å². The summed E-state index contributed by atoms with van der Waals surface area (Å²) >= 11 is 0. The molecule has 0 bridgehead atoms. The first-order valence-corrected chi connectivity index (χ1v) is 9.63. The molecule has 1 rings (SSSR count). The summed E-state index contributed by atoms with van der Waals surface area (Å²) in [5.41, 5.74) is 0.134. The van der Waals surface area contributed by atoms with Crippen molar-refractivity contribution in [3.05, 3.63) is 35.4 Å². The van der Waals surface area contributed by atoms with Gasteiger partial charge in [-0.1, -0.05) is 70.9 Å². The van der Waals surface area contributed by atoms with Gasteiger partial charge in [0.25, 0.3) is 0 Å². The highest BCUT2D eigenvalue weighted by Crippen LogP contribution is 2.18. The fourth-order valence-corrected chi connectivity index (χ4v) is 2.98. The van der Waals surface area contributed by atoms with Crippen molar-refractivity contribution in [2.24, 2.45) is 0 Å². The zero-order chi connectivity index (χ0) is 18.5. The SMILES string of the molecule is CCCCCCCCCC(CCC)OC(=O)c1ccccc1C(=O)O. The van der Waals surface area contributed by atoms with Crippen molar-refractivity contribution in [2.45, 2.75) is 84.2 Å². The average Bonchev–Trinajstić information content (AvgIpc) is 2.61. The van der Waals surface area contributed by atoms with E-state index < -0.39 is 11.9 Å². The minimum absolute atomic E-state index is 0.00123. The summed E-state index contributed by atoms with van der Waals surface area (Å²) in [7, 11) is 0. The first-order valence-electron chi connectivity index (χ1n) is 9.63. The molecule has 1 N–H and O–H groups in total. The second-order valence-electron chi connectivity index (χ2n) is 6.58. The van der Waals surface area contributed by atoms with Crippen molar-refractivity contribution in [1.82, 2.24) is 0 Å². The Kier molecular flexibility index (Phi) is 10.6. The van der Waals surface area contributed by atoms with E-state index in [0.29, 0.717) is 0 Å². The Morgan fingerprint density at radius 1 is 0.880 bits per heavy atom. The Hall–Kier alpha value is -1.84. The summed E-state index contributed by atoms with van der Waals surface area (Å²) in [5, 5.41) is 9.21. The zero-order valence-corrected chi connectivity index (χ0v) is 15.6. The van der Waals surface area contributed by atoms with Gasteiger partial charge in [0.05, 0.1) is 11.1 Å². The van der Waals surface area contributed by atoms with Crippen LogP contribution in [0.3, 0.4) is 0 Å². The maximum atomic E-state index is 12.4. The van der Waals surface area contributed by atoms with Crippen LogP contribution < -0.4 is 0 Å². The minimum atomic E-state index is -1.10. The lowest BCUT2D eigenvalue weighted by atomic mass is 10.0. The summed E-state index contributed by atoms with van der Waals surface area (Å²) in [5.74, 6) is -1.63. The third kappa shape index (κ3) is 8.19. The third-order valence-electron chi connectivity index (χ3n) is 4.39. The molecule has 4 nitrogen and oxygen atoms in total. The molecule has 0 heterocycles. The van der Waals surface area contributed by atoms with Gasteiger partial charge >= 0.3 is 11.9 Å².